The first kappa shape index (κ1) is 16.9. The number of carbonyl (C=O) groups is 2. The van der Waals surface area contributed by atoms with Gasteiger partial charge in [-0.1, -0.05) is 27.7 Å². The molecule has 0 fully saturated rings. The predicted molar refractivity (Wildman–Crippen MR) is 81.4 cm³/mol. The maximum Gasteiger partial charge on any atom is 0.337 e. The van der Waals surface area contributed by atoms with E-state index in [1.165, 1.54) is 18.5 Å². The van der Waals surface area contributed by atoms with E-state index in [4.69, 9.17) is 5.11 Å². The number of anilines is 1. The molecule has 0 aliphatic rings. The molecule has 1 heterocycles. The standard InChI is InChI=1S/C15H23N3O3/c1-9(2)13(10(3)4)8-17-15(21)18-12-5-11(14(19)20)6-16-7-12/h5-7,9-10,13H,8H2,1-4H3,(H,19,20)(H2,17,18,21). The lowest BCUT2D eigenvalue weighted by atomic mass is 9.85. The van der Waals surface area contributed by atoms with Crippen LogP contribution >= 0.6 is 0 Å². The maximum atomic E-state index is 11.8. The Morgan fingerprint density at radius 2 is 1.81 bits per heavy atom. The van der Waals surface area contributed by atoms with E-state index in [-0.39, 0.29) is 11.6 Å². The molecule has 0 aliphatic carbocycles. The van der Waals surface area contributed by atoms with Gasteiger partial charge in [0.25, 0.3) is 0 Å². The summed E-state index contributed by atoms with van der Waals surface area (Å²) in [4.78, 5) is 26.5. The first-order valence-electron chi connectivity index (χ1n) is 7.04. The van der Waals surface area contributed by atoms with Crippen molar-refractivity contribution in [3.8, 4) is 0 Å². The van der Waals surface area contributed by atoms with Gasteiger partial charge in [-0.3, -0.25) is 4.98 Å². The largest absolute Gasteiger partial charge is 0.478 e. The average Bonchev–Trinajstić information content (AvgIpc) is 2.38. The summed E-state index contributed by atoms with van der Waals surface area (Å²) >= 11 is 0. The lowest BCUT2D eigenvalue weighted by Gasteiger charge is -2.25. The Hall–Kier alpha value is -2.11. The number of aromatic carboxylic acids is 1. The van der Waals surface area contributed by atoms with Crippen LogP contribution in [0.25, 0.3) is 0 Å². The van der Waals surface area contributed by atoms with Crippen molar-refractivity contribution in [2.24, 2.45) is 17.8 Å². The van der Waals surface area contributed by atoms with Crippen molar-refractivity contribution in [3.05, 3.63) is 24.0 Å². The van der Waals surface area contributed by atoms with Crippen LogP contribution in [0, 0.1) is 17.8 Å². The number of nitrogens with zero attached hydrogens (tertiary/aromatic N) is 1. The fourth-order valence-corrected chi connectivity index (χ4v) is 2.25. The van der Waals surface area contributed by atoms with E-state index >= 15 is 0 Å². The van der Waals surface area contributed by atoms with Gasteiger partial charge in [-0.15, -0.1) is 0 Å². The summed E-state index contributed by atoms with van der Waals surface area (Å²) in [5, 5.41) is 14.3. The zero-order valence-electron chi connectivity index (χ0n) is 12.9. The lowest BCUT2D eigenvalue weighted by molar-refractivity contribution is 0.0696. The first-order valence-corrected chi connectivity index (χ1v) is 7.04. The number of hydrogen-bond acceptors (Lipinski definition) is 3. The number of amides is 2. The van der Waals surface area contributed by atoms with Crippen molar-refractivity contribution in [1.29, 1.82) is 0 Å². The Balaban J connectivity index is 2.58. The molecule has 6 nitrogen and oxygen atoms in total. The number of carbonyl (C=O) groups excluding carboxylic acids is 1. The highest BCUT2D eigenvalue weighted by molar-refractivity contribution is 5.92. The van der Waals surface area contributed by atoms with Crippen LogP contribution in [0.5, 0.6) is 0 Å². The minimum atomic E-state index is -1.08. The Morgan fingerprint density at radius 3 is 2.33 bits per heavy atom. The van der Waals surface area contributed by atoms with Crippen molar-refractivity contribution in [1.82, 2.24) is 10.3 Å². The highest BCUT2D eigenvalue weighted by Gasteiger charge is 2.18. The number of nitrogens with one attached hydrogen (secondary N) is 2. The van der Waals surface area contributed by atoms with Gasteiger partial charge in [0, 0.05) is 12.7 Å². The van der Waals surface area contributed by atoms with E-state index in [1.54, 1.807) is 0 Å². The fourth-order valence-electron chi connectivity index (χ4n) is 2.25. The van der Waals surface area contributed by atoms with E-state index < -0.39 is 5.97 Å². The summed E-state index contributed by atoms with van der Waals surface area (Å²) in [7, 11) is 0. The molecule has 6 heteroatoms. The second kappa shape index (κ2) is 7.61. The van der Waals surface area contributed by atoms with Crippen LogP contribution in [0.15, 0.2) is 18.5 Å². The number of carboxylic acid groups (broad SMARTS) is 1. The number of hydrogen-bond donors (Lipinski definition) is 3. The molecule has 0 aromatic carbocycles. The third-order valence-electron chi connectivity index (χ3n) is 3.45. The van der Waals surface area contributed by atoms with Gasteiger partial charge >= 0.3 is 12.0 Å². The maximum absolute atomic E-state index is 11.8. The van der Waals surface area contributed by atoms with Crippen molar-refractivity contribution < 1.29 is 14.7 Å². The molecule has 0 atom stereocenters. The number of aromatic nitrogens is 1. The molecule has 1 aromatic rings. The predicted octanol–water partition coefficient (Wildman–Crippen LogP) is 2.83. The summed E-state index contributed by atoms with van der Waals surface area (Å²) in [5.74, 6) is 0.259. The SMILES string of the molecule is CC(C)C(CNC(=O)Nc1cncc(C(=O)O)c1)C(C)C. The molecule has 0 radical (unpaired) electrons. The van der Waals surface area contributed by atoms with Crippen molar-refractivity contribution in [3.63, 3.8) is 0 Å². The molecule has 0 bridgehead atoms. The van der Waals surface area contributed by atoms with E-state index in [2.05, 4.69) is 43.3 Å². The lowest BCUT2D eigenvalue weighted by Crippen LogP contribution is -2.36. The van der Waals surface area contributed by atoms with Crippen LogP contribution in [-0.2, 0) is 0 Å². The number of carboxylic acids is 1. The fraction of sp³-hybridized carbons (Fsp3) is 0.533. The normalized spacial score (nSPS) is 11.0. The second-order valence-corrected chi connectivity index (χ2v) is 5.75. The van der Waals surface area contributed by atoms with E-state index in [9.17, 15) is 9.59 Å². The molecule has 1 rings (SSSR count). The van der Waals surface area contributed by atoms with Gasteiger partial charge in [-0.2, -0.15) is 0 Å². The smallest absolute Gasteiger partial charge is 0.337 e. The highest BCUT2D eigenvalue weighted by Crippen LogP contribution is 2.19. The van der Waals surface area contributed by atoms with Crippen LogP contribution in [-0.4, -0.2) is 28.6 Å². The highest BCUT2D eigenvalue weighted by atomic mass is 16.4. The second-order valence-electron chi connectivity index (χ2n) is 5.75. The van der Waals surface area contributed by atoms with Gasteiger partial charge in [0.1, 0.15) is 0 Å². The van der Waals surface area contributed by atoms with Crippen LogP contribution in [0.4, 0.5) is 10.5 Å². The molecule has 1 aromatic heterocycles. The Bertz CT molecular complexity index is 493. The molecule has 0 saturated heterocycles. The van der Waals surface area contributed by atoms with Gasteiger partial charge in [0.05, 0.1) is 17.4 Å². The molecule has 21 heavy (non-hydrogen) atoms. The van der Waals surface area contributed by atoms with Crippen molar-refractivity contribution >= 4 is 17.7 Å². The molecular weight excluding hydrogens is 270 g/mol. The zero-order valence-corrected chi connectivity index (χ0v) is 12.9. The van der Waals surface area contributed by atoms with Crippen LogP contribution in [0.1, 0.15) is 38.1 Å². The minimum absolute atomic E-state index is 0.0371. The molecular formula is C15H23N3O3. The van der Waals surface area contributed by atoms with E-state index in [1.807, 2.05) is 0 Å². The summed E-state index contributed by atoms with van der Waals surface area (Å²) in [5.41, 5.74) is 0.396. The van der Waals surface area contributed by atoms with Gasteiger partial charge < -0.3 is 15.7 Å². The Morgan fingerprint density at radius 1 is 1.19 bits per heavy atom. The van der Waals surface area contributed by atoms with Gasteiger partial charge in [0.2, 0.25) is 0 Å². The monoisotopic (exact) mass is 293 g/mol. The average molecular weight is 293 g/mol. The number of rotatable bonds is 6. The van der Waals surface area contributed by atoms with Crippen LogP contribution < -0.4 is 10.6 Å². The third kappa shape index (κ3) is 5.41. The topological polar surface area (TPSA) is 91.3 Å². The molecule has 0 spiro atoms. The van der Waals surface area contributed by atoms with Crippen molar-refractivity contribution in [2.75, 3.05) is 11.9 Å². The van der Waals surface area contributed by atoms with Crippen LogP contribution in [0.2, 0.25) is 0 Å². The summed E-state index contributed by atoms with van der Waals surface area (Å²) in [6.07, 6.45) is 2.65. The molecule has 116 valence electrons. The summed E-state index contributed by atoms with van der Waals surface area (Å²) < 4.78 is 0. The van der Waals surface area contributed by atoms with Gasteiger partial charge in [0.15, 0.2) is 0 Å². The zero-order chi connectivity index (χ0) is 16.0. The third-order valence-corrected chi connectivity index (χ3v) is 3.45. The van der Waals surface area contributed by atoms with E-state index in [0.29, 0.717) is 30.0 Å². The molecule has 3 N–H and O–H groups in total. The summed E-state index contributed by atoms with van der Waals surface area (Å²) in [6, 6.07) is 1.02. The Labute approximate surface area is 125 Å². The molecule has 2 amide bonds. The molecule has 0 saturated carbocycles. The van der Waals surface area contributed by atoms with Crippen LogP contribution in [0.3, 0.4) is 0 Å². The van der Waals surface area contributed by atoms with Crippen molar-refractivity contribution in [2.45, 2.75) is 27.7 Å². The molecule has 0 aliphatic heterocycles. The molecule has 0 unspecified atom stereocenters. The quantitative estimate of drug-likeness (QED) is 0.752. The summed E-state index contributed by atoms with van der Waals surface area (Å²) in [6.45, 7) is 9.09. The van der Waals surface area contributed by atoms with Gasteiger partial charge in [-0.25, -0.2) is 9.59 Å². The number of urea groups is 1. The van der Waals surface area contributed by atoms with E-state index in [0.717, 1.165) is 0 Å². The van der Waals surface area contributed by atoms with Gasteiger partial charge in [-0.05, 0) is 23.8 Å². The minimum Gasteiger partial charge on any atom is -0.478 e. The number of pyridine rings is 1. The Kier molecular flexibility index (Phi) is 6.14. The first-order chi connectivity index (χ1) is 9.81.